The highest BCUT2D eigenvalue weighted by Gasteiger charge is 2.00. The fraction of sp³-hybridized carbons (Fsp3) is 0.333. The molecule has 17 heavy (non-hydrogen) atoms. The molecule has 0 atom stereocenters. The zero-order valence-corrected chi connectivity index (χ0v) is 11.5. The molecule has 0 amide bonds. The van der Waals surface area contributed by atoms with Crippen LogP contribution in [-0.4, -0.2) is 21.3 Å². The summed E-state index contributed by atoms with van der Waals surface area (Å²) < 4.78 is 2.93. The zero-order valence-electron chi connectivity index (χ0n) is 9.94. The van der Waals surface area contributed by atoms with E-state index in [1.807, 2.05) is 37.0 Å². The summed E-state index contributed by atoms with van der Waals surface area (Å²) >= 11 is 3.40. The highest BCUT2D eigenvalue weighted by Crippen LogP contribution is 2.16. The molecule has 2 heterocycles. The maximum atomic E-state index is 4.33. The molecule has 90 valence electrons. The largest absolute Gasteiger partial charge is 0.368 e. The Morgan fingerprint density at radius 2 is 2.18 bits per heavy atom. The van der Waals surface area contributed by atoms with E-state index >= 15 is 0 Å². The smallest absolute Gasteiger partial charge is 0.128 e. The van der Waals surface area contributed by atoms with Gasteiger partial charge in [0.05, 0.1) is 12.7 Å². The number of pyridine rings is 1. The minimum Gasteiger partial charge on any atom is -0.368 e. The average molecular weight is 295 g/mol. The van der Waals surface area contributed by atoms with Crippen molar-refractivity contribution in [2.75, 3.05) is 11.9 Å². The third kappa shape index (κ3) is 3.30. The van der Waals surface area contributed by atoms with Crippen LogP contribution in [0, 0.1) is 13.8 Å². The van der Waals surface area contributed by atoms with Crippen LogP contribution < -0.4 is 5.32 Å². The number of nitrogens with zero attached hydrogens (tertiary/aromatic N) is 3. The maximum Gasteiger partial charge on any atom is 0.128 e. The summed E-state index contributed by atoms with van der Waals surface area (Å²) in [6.45, 7) is 5.73. The molecule has 0 saturated heterocycles. The first-order valence-electron chi connectivity index (χ1n) is 5.50. The molecule has 5 heteroatoms. The highest BCUT2D eigenvalue weighted by atomic mass is 79.9. The van der Waals surface area contributed by atoms with E-state index in [-0.39, 0.29) is 0 Å². The van der Waals surface area contributed by atoms with Gasteiger partial charge in [0.2, 0.25) is 0 Å². The minimum atomic E-state index is 0.816. The lowest BCUT2D eigenvalue weighted by Crippen LogP contribution is -2.12. The fourth-order valence-corrected chi connectivity index (χ4v) is 2.05. The van der Waals surface area contributed by atoms with Gasteiger partial charge >= 0.3 is 0 Å². The topological polar surface area (TPSA) is 42.7 Å². The number of anilines is 1. The summed E-state index contributed by atoms with van der Waals surface area (Å²) in [5, 5.41) is 7.54. The van der Waals surface area contributed by atoms with Gasteiger partial charge in [-0.15, -0.1) is 0 Å². The number of halogens is 1. The highest BCUT2D eigenvalue weighted by molar-refractivity contribution is 9.10. The van der Waals surface area contributed by atoms with Crippen molar-refractivity contribution in [3.05, 3.63) is 40.3 Å². The Labute approximate surface area is 109 Å². The van der Waals surface area contributed by atoms with E-state index in [4.69, 9.17) is 0 Å². The van der Waals surface area contributed by atoms with Gasteiger partial charge in [0, 0.05) is 23.4 Å². The summed E-state index contributed by atoms with van der Waals surface area (Å²) in [5.41, 5.74) is 2.32. The van der Waals surface area contributed by atoms with E-state index < -0.39 is 0 Å². The van der Waals surface area contributed by atoms with Gasteiger partial charge in [-0.1, -0.05) is 0 Å². The Morgan fingerprint density at radius 3 is 2.82 bits per heavy atom. The molecule has 0 bridgehead atoms. The summed E-state index contributed by atoms with van der Waals surface area (Å²) in [6, 6.07) is 2.05. The summed E-state index contributed by atoms with van der Waals surface area (Å²) in [7, 11) is 0. The number of aryl methyl sites for hydroxylation is 2. The quantitative estimate of drug-likeness (QED) is 0.943. The molecule has 0 radical (unpaired) electrons. The lowest BCUT2D eigenvalue weighted by atomic mass is 10.3. The lowest BCUT2D eigenvalue weighted by Gasteiger charge is -2.08. The first-order chi connectivity index (χ1) is 8.15. The second kappa shape index (κ2) is 5.31. The van der Waals surface area contributed by atoms with Gasteiger partial charge in [-0.2, -0.15) is 5.10 Å². The molecule has 2 aromatic rings. The van der Waals surface area contributed by atoms with Crippen molar-refractivity contribution >= 4 is 21.7 Å². The van der Waals surface area contributed by atoms with E-state index in [9.17, 15) is 0 Å². The van der Waals surface area contributed by atoms with Crippen molar-refractivity contribution in [2.45, 2.75) is 20.4 Å². The first-order valence-corrected chi connectivity index (χ1v) is 6.29. The van der Waals surface area contributed by atoms with E-state index in [2.05, 4.69) is 31.3 Å². The Bertz CT molecular complexity index is 507. The molecule has 1 N–H and O–H groups in total. The van der Waals surface area contributed by atoms with Crippen LogP contribution in [-0.2, 0) is 6.54 Å². The molecule has 0 unspecified atom stereocenters. The predicted octanol–water partition coefficient (Wildman–Crippen LogP) is 2.77. The molecule has 0 saturated carbocycles. The molecule has 2 aromatic heterocycles. The molecule has 0 aliphatic heterocycles. The van der Waals surface area contributed by atoms with Crippen LogP contribution in [0.1, 0.15) is 11.1 Å². The molecular weight excluding hydrogens is 280 g/mol. The van der Waals surface area contributed by atoms with Crippen molar-refractivity contribution in [3.63, 3.8) is 0 Å². The summed E-state index contributed by atoms with van der Waals surface area (Å²) in [5.74, 6) is 0.928. The Balaban J connectivity index is 1.90. The molecule has 4 nitrogen and oxygen atoms in total. The van der Waals surface area contributed by atoms with Gasteiger partial charge in [0.1, 0.15) is 5.82 Å². The number of hydrogen-bond donors (Lipinski definition) is 1. The van der Waals surface area contributed by atoms with Crippen LogP contribution in [0.4, 0.5) is 5.82 Å². The standard InChI is InChI=1S/C12H15BrN4/c1-9-6-16-17(8-9)4-3-14-12-10(2)5-11(13)7-15-12/h5-8H,3-4H2,1-2H3,(H,14,15). The second-order valence-electron chi connectivity index (χ2n) is 4.03. The predicted molar refractivity (Wildman–Crippen MR) is 72.1 cm³/mol. The van der Waals surface area contributed by atoms with E-state index in [1.165, 1.54) is 5.56 Å². The fourth-order valence-electron chi connectivity index (χ4n) is 1.60. The third-order valence-electron chi connectivity index (χ3n) is 2.44. The van der Waals surface area contributed by atoms with E-state index in [0.29, 0.717) is 0 Å². The molecular formula is C12H15BrN4. The van der Waals surface area contributed by atoms with Crippen LogP contribution in [0.25, 0.3) is 0 Å². The summed E-state index contributed by atoms with van der Waals surface area (Å²) in [4.78, 5) is 4.33. The third-order valence-corrected chi connectivity index (χ3v) is 2.87. The normalized spacial score (nSPS) is 10.5. The van der Waals surface area contributed by atoms with Gasteiger partial charge in [0.25, 0.3) is 0 Å². The molecule has 0 aliphatic carbocycles. The molecule has 2 rings (SSSR count). The number of rotatable bonds is 4. The van der Waals surface area contributed by atoms with Crippen molar-refractivity contribution in [1.82, 2.24) is 14.8 Å². The number of nitrogens with one attached hydrogen (secondary N) is 1. The Morgan fingerprint density at radius 1 is 1.35 bits per heavy atom. The molecule has 0 spiro atoms. The van der Waals surface area contributed by atoms with Crippen molar-refractivity contribution in [1.29, 1.82) is 0 Å². The average Bonchev–Trinajstić information content (AvgIpc) is 2.68. The second-order valence-corrected chi connectivity index (χ2v) is 4.94. The number of hydrogen-bond acceptors (Lipinski definition) is 3. The van der Waals surface area contributed by atoms with Crippen LogP contribution in [0.5, 0.6) is 0 Å². The van der Waals surface area contributed by atoms with Gasteiger partial charge in [-0.3, -0.25) is 4.68 Å². The molecule has 0 aromatic carbocycles. The van der Waals surface area contributed by atoms with Crippen LogP contribution in [0.15, 0.2) is 29.1 Å². The minimum absolute atomic E-state index is 0.816. The monoisotopic (exact) mass is 294 g/mol. The Kier molecular flexibility index (Phi) is 3.78. The first kappa shape index (κ1) is 12.1. The Hall–Kier alpha value is -1.36. The van der Waals surface area contributed by atoms with Gasteiger partial charge < -0.3 is 5.32 Å². The van der Waals surface area contributed by atoms with Crippen molar-refractivity contribution in [3.8, 4) is 0 Å². The molecule has 0 aliphatic rings. The van der Waals surface area contributed by atoms with E-state index in [0.717, 1.165) is 28.9 Å². The molecule has 0 fully saturated rings. The SMILES string of the molecule is Cc1cnn(CCNc2ncc(Br)cc2C)c1. The van der Waals surface area contributed by atoms with Crippen molar-refractivity contribution in [2.24, 2.45) is 0 Å². The van der Waals surface area contributed by atoms with Crippen molar-refractivity contribution < 1.29 is 0 Å². The van der Waals surface area contributed by atoms with Crippen LogP contribution >= 0.6 is 15.9 Å². The summed E-state index contributed by atoms with van der Waals surface area (Å²) in [6.07, 6.45) is 5.69. The zero-order chi connectivity index (χ0) is 12.3. The number of aromatic nitrogens is 3. The lowest BCUT2D eigenvalue weighted by molar-refractivity contribution is 0.636. The van der Waals surface area contributed by atoms with Crippen LogP contribution in [0.2, 0.25) is 0 Å². The maximum absolute atomic E-state index is 4.33. The van der Waals surface area contributed by atoms with Gasteiger partial charge in [-0.05, 0) is 47.0 Å². The van der Waals surface area contributed by atoms with Crippen LogP contribution in [0.3, 0.4) is 0 Å². The van der Waals surface area contributed by atoms with Gasteiger partial charge in [0.15, 0.2) is 0 Å². The van der Waals surface area contributed by atoms with Gasteiger partial charge in [-0.25, -0.2) is 4.98 Å². The van der Waals surface area contributed by atoms with E-state index in [1.54, 1.807) is 6.20 Å².